The molecule has 1 saturated carbocycles. The van der Waals surface area contributed by atoms with Crippen molar-refractivity contribution in [2.45, 2.75) is 56.7 Å². The van der Waals surface area contributed by atoms with Gasteiger partial charge in [0.25, 0.3) is 5.91 Å². The predicted octanol–water partition coefficient (Wildman–Crippen LogP) is 4.28. The molecule has 0 bridgehead atoms. The van der Waals surface area contributed by atoms with Crippen molar-refractivity contribution < 1.29 is 19.4 Å². The molecule has 1 aliphatic carbocycles. The quantitative estimate of drug-likeness (QED) is 0.340. The third-order valence-corrected chi connectivity index (χ3v) is 8.64. The average molecular weight is 562 g/mol. The molecular weight excluding hydrogens is 518 g/mol. The van der Waals surface area contributed by atoms with E-state index in [1.165, 1.54) is 0 Å². The van der Waals surface area contributed by atoms with Gasteiger partial charge in [-0.15, -0.1) is 0 Å². The number of ether oxygens (including phenoxy) is 2. The highest BCUT2D eigenvalue weighted by Crippen LogP contribution is 2.41. The van der Waals surface area contributed by atoms with E-state index in [4.69, 9.17) is 14.5 Å². The third-order valence-electron chi connectivity index (χ3n) is 8.64. The van der Waals surface area contributed by atoms with Crippen LogP contribution in [0.3, 0.4) is 0 Å². The Labute approximate surface area is 242 Å². The number of amides is 1. The van der Waals surface area contributed by atoms with Crippen LogP contribution in [-0.2, 0) is 4.74 Å². The zero-order valence-electron chi connectivity index (χ0n) is 24.4. The second-order valence-corrected chi connectivity index (χ2v) is 11.2. The summed E-state index contributed by atoms with van der Waals surface area (Å²) in [6.07, 6.45) is 5.94. The number of piperazine rings is 1. The SMILES string of the molecule is COC[C@]1(O)CCCC[C@H]1n1cnc(C(=O)N2CCNC[C@H]2CCNc2cccc(OC)c2C)c1-c1ccccc1. The van der Waals surface area contributed by atoms with Crippen molar-refractivity contribution in [3.05, 3.63) is 66.1 Å². The summed E-state index contributed by atoms with van der Waals surface area (Å²) in [5, 5.41) is 18.6. The first-order chi connectivity index (χ1) is 20.0. The van der Waals surface area contributed by atoms with E-state index >= 15 is 0 Å². The van der Waals surface area contributed by atoms with Crippen LogP contribution in [0.2, 0.25) is 0 Å². The van der Waals surface area contributed by atoms with Gasteiger partial charge in [0.1, 0.15) is 11.4 Å². The number of carbonyl (C=O) groups excluding carboxylic acids is 1. The first-order valence-electron chi connectivity index (χ1n) is 14.7. The second-order valence-electron chi connectivity index (χ2n) is 11.2. The Hall–Kier alpha value is -3.40. The summed E-state index contributed by atoms with van der Waals surface area (Å²) in [4.78, 5) is 21.0. The van der Waals surface area contributed by atoms with Crippen molar-refractivity contribution in [1.82, 2.24) is 19.8 Å². The number of anilines is 1. The summed E-state index contributed by atoms with van der Waals surface area (Å²) >= 11 is 0. The number of imidazole rings is 1. The van der Waals surface area contributed by atoms with Gasteiger partial charge in [-0.25, -0.2) is 4.98 Å². The van der Waals surface area contributed by atoms with E-state index in [1.807, 2.05) is 58.9 Å². The first kappa shape index (κ1) is 29.1. The zero-order valence-corrected chi connectivity index (χ0v) is 24.4. The van der Waals surface area contributed by atoms with E-state index in [1.54, 1.807) is 20.5 Å². The normalized spacial score (nSPS) is 22.9. The second kappa shape index (κ2) is 13.1. The lowest BCUT2D eigenvalue weighted by Crippen LogP contribution is -2.54. The molecule has 1 saturated heterocycles. The fourth-order valence-electron chi connectivity index (χ4n) is 6.48. The number of hydrogen-bond acceptors (Lipinski definition) is 7. The fourth-order valence-corrected chi connectivity index (χ4v) is 6.48. The molecule has 3 atom stereocenters. The van der Waals surface area contributed by atoms with E-state index in [-0.39, 0.29) is 24.6 Å². The van der Waals surface area contributed by atoms with Gasteiger partial charge < -0.3 is 34.7 Å². The minimum Gasteiger partial charge on any atom is -0.496 e. The Balaban J connectivity index is 1.41. The van der Waals surface area contributed by atoms with Crippen molar-refractivity contribution in [1.29, 1.82) is 0 Å². The Morgan fingerprint density at radius 1 is 1.17 bits per heavy atom. The van der Waals surface area contributed by atoms with Crippen LogP contribution in [-0.4, -0.2) is 84.1 Å². The highest BCUT2D eigenvalue weighted by molar-refractivity contribution is 5.98. The zero-order chi connectivity index (χ0) is 28.8. The minimum absolute atomic E-state index is 0.0172. The number of aliphatic hydroxyl groups is 1. The largest absolute Gasteiger partial charge is 0.496 e. The molecule has 5 rings (SSSR count). The maximum Gasteiger partial charge on any atom is 0.275 e. The molecule has 2 heterocycles. The fraction of sp³-hybridized carbons (Fsp3) is 0.500. The topological polar surface area (TPSA) is 101 Å². The van der Waals surface area contributed by atoms with Crippen LogP contribution in [0, 0.1) is 6.92 Å². The standard InChI is InChI=1S/C32H43N5O4/c1-23-26(12-9-13-27(23)41-3)34-17-15-25-20-33-18-19-36(25)31(38)29-30(24-10-5-4-6-11-24)37(22-35-29)28-14-7-8-16-32(28,39)21-40-2/h4-6,9-13,22,25,28,33-34,39H,7-8,14-21H2,1-3H3/t25-,28-,32-/m1/s1. The van der Waals surface area contributed by atoms with Gasteiger partial charge in [0.2, 0.25) is 0 Å². The lowest BCUT2D eigenvalue weighted by molar-refractivity contribution is -0.0893. The van der Waals surface area contributed by atoms with Gasteiger partial charge in [-0.3, -0.25) is 4.79 Å². The molecule has 2 aromatic carbocycles. The van der Waals surface area contributed by atoms with Gasteiger partial charge in [-0.1, -0.05) is 49.2 Å². The highest BCUT2D eigenvalue weighted by atomic mass is 16.5. The maximum atomic E-state index is 14.3. The van der Waals surface area contributed by atoms with Gasteiger partial charge in [0.15, 0.2) is 5.69 Å². The lowest BCUT2D eigenvalue weighted by Gasteiger charge is -2.41. The molecular formula is C32H43N5O4. The Morgan fingerprint density at radius 2 is 2.00 bits per heavy atom. The minimum atomic E-state index is -1.01. The molecule has 1 amide bonds. The molecule has 0 spiro atoms. The van der Waals surface area contributed by atoms with Crippen molar-refractivity contribution in [2.75, 3.05) is 52.3 Å². The van der Waals surface area contributed by atoms with Gasteiger partial charge in [-0.2, -0.15) is 0 Å². The summed E-state index contributed by atoms with van der Waals surface area (Å²) < 4.78 is 13.0. The first-order valence-corrected chi connectivity index (χ1v) is 14.7. The van der Waals surface area contributed by atoms with Crippen LogP contribution >= 0.6 is 0 Å². The molecule has 2 aliphatic rings. The third kappa shape index (κ3) is 6.12. The van der Waals surface area contributed by atoms with Crippen LogP contribution in [0.4, 0.5) is 5.69 Å². The van der Waals surface area contributed by atoms with Crippen molar-refractivity contribution in [3.63, 3.8) is 0 Å². The molecule has 41 heavy (non-hydrogen) atoms. The number of carbonyl (C=O) groups is 1. The van der Waals surface area contributed by atoms with Crippen LogP contribution in [0.15, 0.2) is 54.9 Å². The average Bonchev–Trinajstić information content (AvgIpc) is 3.43. The van der Waals surface area contributed by atoms with E-state index in [0.29, 0.717) is 18.7 Å². The highest BCUT2D eigenvalue weighted by Gasteiger charge is 2.42. The van der Waals surface area contributed by atoms with E-state index in [0.717, 1.165) is 73.6 Å². The number of benzene rings is 2. The van der Waals surface area contributed by atoms with Crippen molar-refractivity contribution >= 4 is 11.6 Å². The summed E-state index contributed by atoms with van der Waals surface area (Å²) in [6, 6.07) is 15.7. The van der Waals surface area contributed by atoms with Crippen molar-refractivity contribution in [3.8, 4) is 17.0 Å². The molecule has 9 nitrogen and oxygen atoms in total. The molecule has 220 valence electrons. The van der Waals surface area contributed by atoms with Gasteiger partial charge >= 0.3 is 0 Å². The lowest BCUT2D eigenvalue weighted by atomic mass is 9.80. The smallest absolute Gasteiger partial charge is 0.275 e. The van der Waals surface area contributed by atoms with Crippen LogP contribution < -0.4 is 15.4 Å². The molecule has 1 aliphatic heterocycles. The molecule has 2 fully saturated rings. The van der Waals surface area contributed by atoms with Crippen LogP contribution in [0.1, 0.15) is 54.2 Å². The molecule has 0 radical (unpaired) electrons. The Bertz CT molecular complexity index is 1310. The van der Waals surface area contributed by atoms with Gasteiger partial charge in [0.05, 0.1) is 31.8 Å². The molecule has 9 heteroatoms. The van der Waals surface area contributed by atoms with Gasteiger partial charge in [-0.05, 0) is 38.3 Å². The number of aromatic nitrogens is 2. The van der Waals surface area contributed by atoms with Crippen LogP contribution in [0.25, 0.3) is 11.3 Å². The number of nitrogens with one attached hydrogen (secondary N) is 2. The molecule has 1 aromatic heterocycles. The number of methoxy groups -OCH3 is 2. The monoisotopic (exact) mass is 561 g/mol. The molecule has 3 N–H and O–H groups in total. The summed E-state index contributed by atoms with van der Waals surface area (Å²) in [5.41, 5.74) is 3.20. The molecule has 3 aromatic rings. The van der Waals surface area contributed by atoms with Gasteiger partial charge in [0, 0.05) is 56.1 Å². The van der Waals surface area contributed by atoms with Crippen molar-refractivity contribution in [2.24, 2.45) is 0 Å². The van der Waals surface area contributed by atoms with E-state index in [2.05, 4.69) is 16.7 Å². The Morgan fingerprint density at radius 3 is 2.78 bits per heavy atom. The summed E-state index contributed by atoms with van der Waals surface area (Å²) in [5.74, 6) is 0.781. The Kier molecular flexibility index (Phi) is 9.27. The summed E-state index contributed by atoms with van der Waals surface area (Å²) in [6.45, 7) is 5.08. The molecule has 0 unspecified atom stereocenters. The number of rotatable bonds is 10. The van der Waals surface area contributed by atoms with Crippen LogP contribution in [0.5, 0.6) is 5.75 Å². The maximum absolute atomic E-state index is 14.3. The summed E-state index contributed by atoms with van der Waals surface area (Å²) in [7, 11) is 3.31. The number of nitrogens with zero attached hydrogens (tertiary/aromatic N) is 3. The predicted molar refractivity (Wildman–Crippen MR) is 161 cm³/mol. The van der Waals surface area contributed by atoms with E-state index < -0.39 is 5.60 Å². The van der Waals surface area contributed by atoms with E-state index in [9.17, 15) is 9.90 Å². The number of hydrogen-bond donors (Lipinski definition) is 3.